The standard InChI is InChI=1S/C13H8ClN/c14-13-8-9-15-10-12(13)7-6-11-4-2-1-3-5-11/h1-5,8-10H. The van der Waals surface area contributed by atoms with E-state index in [0.717, 1.165) is 11.1 Å². The predicted molar refractivity (Wildman–Crippen MR) is 61.7 cm³/mol. The summed E-state index contributed by atoms with van der Waals surface area (Å²) in [6, 6.07) is 11.5. The molecule has 0 radical (unpaired) electrons. The minimum atomic E-state index is 0.633. The van der Waals surface area contributed by atoms with Crippen LogP contribution in [0.25, 0.3) is 0 Å². The fourth-order valence-electron chi connectivity index (χ4n) is 1.13. The Kier molecular flexibility index (Phi) is 3.02. The van der Waals surface area contributed by atoms with E-state index < -0.39 is 0 Å². The zero-order valence-electron chi connectivity index (χ0n) is 7.94. The minimum absolute atomic E-state index is 0.633. The van der Waals surface area contributed by atoms with E-state index in [1.807, 2.05) is 30.3 Å². The van der Waals surface area contributed by atoms with Crippen molar-refractivity contribution in [1.82, 2.24) is 4.98 Å². The zero-order valence-corrected chi connectivity index (χ0v) is 8.70. The fraction of sp³-hybridized carbons (Fsp3) is 0. The van der Waals surface area contributed by atoms with Crippen LogP contribution in [0.1, 0.15) is 11.1 Å². The first kappa shape index (κ1) is 9.76. The highest BCUT2D eigenvalue weighted by molar-refractivity contribution is 6.31. The molecule has 2 aromatic rings. The number of aromatic nitrogens is 1. The Bertz CT molecular complexity index is 509. The molecule has 1 heterocycles. The number of nitrogens with zero attached hydrogens (tertiary/aromatic N) is 1. The quantitative estimate of drug-likeness (QED) is 0.613. The van der Waals surface area contributed by atoms with Crippen molar-refractivity contribution in [1.29, 1.82) is 0 Å². The maximum absolute atomic E-state index is 5.95. The molecule has 0 bridgehead atoms. The van der Waals surface area contributed by atoms with Gasteiger partial charge in [0.1, 0.15) is 0 Å². The Labute approximate surface area is 93.7 Å². The van der Waals surface area contributed by atoms with Crippen molar-refractivity contribution in [3.63, 3.8) is 0 Å². The van der Waals surface area contributed by atoms with E-state index in [0.29, 0.717) is 5.02 Å². The maximum atomic E-state index is 5.95. The Hall–Kier alpha value is -1.78. The minimum Gasteiger partial charge on any atom is -0.263 e. The summed E-state index contributed by atoms with van der Waals surface area (Å²) in [5, 5.41) is 0.633. The average molecular weight is 214 g/mol. The molecule has 0 spiro atoms. The lowest BCUT2D eigenvalue weighted by Crippen LogP contribution is -1.79. The van der Waals surface area contributed by atoms with E-state index in [-0.39, 0.29) is 0 Å². The molecule has 1 nitrogen and oxygen atoms in total. The Morgan fingerprint density at radius 1 is 1.00 bits per heavy atom. The van der Waals surface area contributed by atoms with Gasteiger partial charge in [0.15, 0.2) is 0 Å². The lowest BCUT2D eigenvalue weighted by atomic mass is 10.2. The largest absolute Gasteiger partial charge is 0.263 e. The van der Waals surface area contributed by atoms with E-state index in [1.54, 1.807) is 18.5 Å². The number of pyridine rings is 1. The third kappa shape index (κ3) is 2.59. The number of hydrogen-bond donors (Lipinski definition) is 0. The van der Waals surface area contributed by atoms with E-state index in [4.69, 9.17) is 11.6 Å². The molecule has 2 rings (SSSR count). The first-order valence-corrected chi connectivity index (χ1v) is 4.90. The van der Waals surface area contributed by atoms with Gasteiger partial charge in [0.2, 0.25) is 0 Å². The topological polar surface area (TPSA) is 12.9 Å². The molecule has 2 heteroatoms. The van der Waals surface area contributed by atoms with Crippen LogP contribution in [-0.4, -0.2) is 4.98 Å². The Balaban J connectivity index is 2.31. The van der Waals surface area contributed by atoms with E-state index in [9.17, 15) is 0 Å². The van der Waals surface area contributed by atoms with Crippen LogP contribution in [0.15, 0.2) is 48.8 Å². The normalized spacial score (nSPS) is 9.13. The lowest BCUT2D eigenvalue weighted by Gasteiger charge is -1.92. The van der Waals surface area contributed by atoms with E-state index >= 15 is 0 Å². The summed E-state index contributed by atoms with van der Waals surface area (Å²) in [4.78, 5) is 3.97. The molecule has 0 atom stereocenters. The van der Waals surface area contributed by atoms with Crippen LogP contribution in [-0.2, 0) is 0 Å². The average Bonchev–Trinajstić information content (AvgIpc) is 2.29. The number of rotatable bonds is 0. The van der Waals surface area contributed by atoms with Crippen molar-refractivity contribution in [2.45, 2.75) is 0 Å². The van der Waals surface area contributed by atoms with Crippen LogP contribution < -0.4 is 0 Å². The van der Waals surface area contributed by atoms with Crippen LogP contribution in [0.2, 0.25) is 5.02 Å². The number of benzene rings is 1. The zero-order chi connectivity index (χ0) is 10.5. The third-order valence-corrected chi connectivity index (χ3v) is 2.21. The summed E-state index contributed by atoms with van der Waals surface area (Å²) in [7, 11) is 0. The van der Waals surface area contributed by atoms with Crippen LogP contribution in [0.5, 0.6) is 0 Å². The van der Waals surface area contributed by atoms with E-state index in [2.05, 4.69) is 16.8 Å². The third-order valence-electron chi connectivity index (χ3n) is 1.88. The highest BCUT2D eigenvalue weighted by atomic mass is 35.5. The summed E-state index contributed by atoms with van der Waals surface area (Å²) < 4.78 is 0. The summed E-state index contributed by atoms with van der Waals surface area (Å²) >= 11 is 5.95. The van der Waals surface area contributed by atoms with Gasteiger partial charge in [0.05, 0.1) is 10.6 Å². The van der Waals surface area contributed by atoms with Crippen LogP contribution in [0.3, 0.4) is 0 Å². The molecule has 0 aliphatic carbocycles. The van der Waals surface area contributed by atoms with Crippen molar-refractivity contribution < 1.29 is 0 Å². The smallest absolute Gasteiger partial charge is 0.0618 e. The molecule has 0 aliphatic heterocycles. The van der Waals surface area contributed by atoms with Gasteiger partial charge in [-0.25, -0.2) is 0 Å². The van der Waals surface area contributed by atoms with Crippen molar-refractivity contribution in [2.75, 3.05) is 0 Å². The fourth-order valence-corrected chi connectivity index (χ4v) is 1.28. The van der Waals surface area contributed by atoms with Gasteiger partial charge in [-0.05, 0) is 18.2 Å². The second-order valence-electron chi connectivity index (χ2n) is 2.97. The first-order chi connectivity index (χ1) is 7.36. The summed E-state index contributed by atoms with van der Waals surface area (Å²) in [6.07, 6.45) is 3.31. The lowest BCUT2D eigenvalue weighted by molar-refractivity contribution is 1.31. The monoisotopic (exact) mass is 213 g/mol. The second-order valence-corrected chi connectivity index (χ2v) is 3.38. The van der Waals surface area contributed by atoms with Gasteiger partial charge in [-0.2, -0.15) is 0 Å². The van der Waals surface area contributed by atoms with Gasteiger partial charge in [0, 0.05) is 18.0 Å². The summed E-state index contributed by atoms with van der Waals surface area (Å²) in [5.41, 5.74) is 1.72. The molecule has 0 amide bonds. The van der Waals surface area contributed by atoms with Gasteiger partial charge >= 0.3 is 0 Å². The summed E-state index contributed by atoms with van der Waals surface area (Å²) in [5.74, 6) is 6.01. The first-order valence-electron chi connectivity index (χ1n) is 4.53. The summed E-state index contributed by atoms with van der Waals surface area (Å²) in [6.45, 7) is 0. The molecule has 0 unspecified atom stereocenters. The van der Waals surface area contributed by atoms with Crippen LogP contribution >= 0.6 is 11.6 Å². The van der Waals surface area contributed by atoms with Crippen LogP contribution in [0, 0.1) is 11.8 Å². The van der Waals surface area contributed by atoms with Gasteiger partial charge in [0.25, 0.3) is 0 Å². The molecular weight excluding hydrogens is 206 g/mol. The molecule has 1 aromatic heterocycles. The molecular formula is C13H8ClN. The number of hydrogen-bond acceptors (Lipinski definition) is 1. The molecule has 15 heavy (non-hydrogen) atoms. The molecule has 0 fully saturated rings. The molecule has 1 aromatic carbocycles. The van der Waals surface area contributed by atoms with Crippen LogP contribution in [0.4, 0.5) is 0 Å². The van der Waals surface area contributed by atoms with Crippen molar-refractivity contribution in [2.24, 2.45) is 0 Å². The van der Waals surface area contributed by atoms with Crippen molar-refractivity contribution >= 4 is 11.6 Å². The highest BCUT2D eigenvalue weighted by Crippen LogP contribution is 2.11. The Morgan fingerprint density at radius 2 is 1.80 bits per heavy atom. The molecule has 72 valence electrons. The Morgan fingerprint density at radius 3 is 2.53 bits per heavy atom. The molecule has 0 N–H and O–H groups in total. The van der Waals surface area contributed by atoms with Gasteiger partial charge in [-0.15, -0.1) is 0 Å². The molecule has 0 saturated carbocycles. The van der Waals surface area contributed by atoms with Gasteiger partial charge in [-0.3, -0.25) is 4.98 Å². The van der Waals surface area contributed by atoms with Crippen molar-refractivity contribution in [3.8, 4) is 11.8 Å². The highest BCUT2D eigenvalue weighted by Gasteiger charge is 1.93. The van der Waals surface area contributed by atoms with Gasteiger partial charge < -0.3 is 0 Å². The van der Waals surface area contributed by atoms with Crippen molar-refractivity contribution in [3.05, 3.63) is 64.9 Å². The maximum Gasteiger partial charge on any atom is 0.0618 e. The second kappa shape index (κ2) is 4.63. The number of halogens is 1. The SMILES string of the molecule is Clc1ccncc1C#Cc1ccccc1. The molecule has 0 saturated heterocycles. The molecule has 0 aliphatic rings. The van der Waals surface area contributed by atoms with E-state index in [1.165, 1.54) is 0 Å². The van der Waals surface area contributed by atoms with Gasteiger partial charge in [-0.1, -0.05) is 41.6 Å². The predicted octanol–water partition coefficient (Wildman–Crippen LogP) is 3.13.